The lowest BCUT2D eigenvalue weighted by Gasteiger charge is -2.19. The zero-order chi connectivity index (χ0) is 27.5. The number of esters is 1. The number of rotatable bonds is 13. The molecule has 0 aliphatic rings. The number of carbonyl (C=O) groups is 5. The number of nitrogens with one attached hydrogen (secondary N) is 2. The number of hydrogen-bond acceptors (Lipinski definition) is 6. The van der Waals surface area contributed by atoms with Gasteiger partial charge in [0, 0.05) is 6.42 Å². The van der Waals surface area contributed by atoms with Crippen LogP contribution >= 0.6 is 0 Å². The van der Waals surface area contributed by atoms with Crippen LogP contribution in [0.3, 0.4) is 0 Å². The maximum Gasteiger partial charge on any atom is 0.310 e. The molecular formula is C29H30N2O7. The lowest BCUT2D eigenvalue weighted by Crippen LogP contribution is -2.51. The Kier molecular flexibility index (Phi) is 10.1. The van der Waals surface area contributed by atoms with Gasteiger partial charge < -0.3 is 20.5 Å². The number of ketones is 1. The largest absolute Gasteiger partial charge is 0.481 e. The van der Waals surface area contributed by atoms with Crippen molar-refractivity contribution in [2.75, 3.05) is 6.61 Å². The van der Waals surface area contributed by atoms with Gasteiger partial charge in [0.1, 0.15) is 12.1 Å². The SMILES string of the molecule is CC(NC(=O)CCc1ccccc1)C(=O)NC(CC(=O)O)C(=O)COC(=O)Cc1cccc2ccccc12. The van der Waals surface area contributed by atoms with Crippen molar-refractivity contribution in [1.82, 2.24) is 10.6 Å². The molecule has 0 aliphatic carbocycles. The number of Topliss-reactive ketones (excluding diaryl/α,β-unsaturated/α-hetero) is 1. The number of benzene rings is 3. The van der Waals surface area contributed by atoms with Crippen molar-refractivity contribution in [3.63, 3.8) is 0 Å². The monoisotopic (exact) mass is 518 g/mol. The van der Waals surface area contributed by atoms with E-state index in [0.717, 1.165) is 21.9 Å². The molecule has 2 amide bonds. The molecule has 0 saturated heterocycles. The van der Waals surface area contributed by atoms with E-state index in [4.69, 9.17) is 4.74 Å². The van der Waals surface area contributed by atoms with E-state index < -0.39 is 48.7 Å². The molecule has 0 radical (unpaired) electrons. The zero-order valence-corrected chi connectivity index (χ0v) is 21.0. The van der Waals surface area contributed by atoms with Crippen molar-refractivity contribution in [1.29, 1.82) is 0 Å². The molecule has 0 aromatic heterocycles. The fourth-order valence-electron chi connectivity index (χ4n) is 3.90. The molecule has 2 atom stereocenters. The Bertz CT molecular complexity index is 1300. The lowest BCUT2D eigenvalue weighted by atomic mass is 10.0. The quantitative estimate of drug-likeness (QED) is 0.296. The third-order valence-electron chi connectivity index (χ3n) is 5.93. The molecule has 0 heterocycles. The van der Waals surface area contributed by atoms with Crippen LogP contribution in [0.2, 0.25) is 0 Å². The number of aliphatic carboxylic acids is 1. The van der Waals surface area contributed by atoms with Gasteiger partial charge in [-0.05, 0) is 35.2 Å². The van der Waals surface area contributed by atoms with E-state index >= 15 is 0 Å². The van der Waals surface area contributed by atoms with Crippen LogP contribution in [0.5, 0.6) is 0 Å². The number of carboxylic acid groups (broad SMARTS) is 1. The van der Waals surface area contributed by atoms with Crippen molar-refractivity contribution in [3.05, 3.63) is 83.9 Å². The molecule has 3 aromatic carbocycles. The van der Waals surface area contributed by atoms with Crippen LogP contribution in [-0.4, -0.2) is 53.3 Å². The highest BCUT2D eigenvalue weighted by atomic mass is 16.5. The van der Waals surface area contributed by atoms with Crippen LogP contribution in [-0.2, 0) is 41.6 Å². The molecule has 0 saturated carbocycles. The summed E-state index contributed by atoms with van der Waals surface area (Å²) in [5, 5.41) is 15.9. The number of fused-ring (bicyclic) bond motifs is 1. The van der Waals surface area contributed by atoms with E-state index in [1.54, 1.807) is 6.07 Å². The summed E-state index contributed by atoms with van der Waals surface area (Å²) in [6.45, 7) is 0.738. The first kappa shape index (κ1) is 28.0. The summed E-state index contributed by atoms with van der Waals surface area (Å²) in [7, 11) is 0. The van der Waals surface area contributed by atoms with Gasteiger partial charge in [-0.2, -0.15) is 0 Å². The maximum atomic E-state index is 12.6. The Morgan fingerprint density at radius 2 is 1.55 bits per heavy atom. The Labute approximate surface area is 220 Å². The number of ether oxygens (including phenoxy) is 1. The molecular weight excluding hydrogens is 488 g/mol. The number of carboxylic acids is 1. The number of hydrogen-bond donors (Lipinski definition) is 3. The number of amides is 2. The zero-order valence-electron chi connectivity index (χ0n) is 21.0. The van der Waals surface area contributed by atoms with Gasteiger partial charge in [0.2, 0.25) is 11.8 Å². The Balaban J connectivity index is 1.51. The molecule has 9 heteroatoms. The van der Waals surface area contributed by atoms with E-state index in [1.807, 2.05) is 66.7 Å². The summed E-state index contributed by atoms with van der Waals surface area (Å²) in [5.41, 5.74) is 1.70. The molecule has 0 bridgehead atoms. The molecule has 198 valence electrons. The van der Waals surface area contributed by atoms with Gasteiger partial charge in [0.15, 0.2) is 12.4 Å². The van der Waals surface area contributed by atoms with Crippen LogP contribution in [0.15, 0.2) is 72.8 Å². The highest BCUT2D eigenvalue weighted by molar-refractivity contribution is 5.96. The van der Waals surface area contributed by atoms with E-state index in [2.05, 4.69) is 10.6 Å². The molecule has 0 spiro atoms. The highest BCUT2D eigenvalue weighted by Gasteiger charge is 2.27. The highest BCUT2D eigenvalue weighted by Crippen LogP contribution is 2.19. The Morgan fingerprint density at radius 3 is 2.29 bits per heavy atom. The van der Waals surface area contributed by atoms with Crippen LogP contribution in [0.1, 0.15) is 30.9 Å². The first-order chi connectivity index (χ1) is 18.2. The van der Waals surface area contributed by atoms with Crippen molar-refractivity contribution in [2.24, 2.45) is 0 Å². The van der Waals surface area contributed by atoms with Gasteiger partial charge in [-0.1, -0.05) is 72.8 Å². The minimum Gasteiger partial charge on any atom is -0.481 e. The molecule has 0 aliphatic heterocycles. The Morgan fingerprint density at radius 1 is 0.868 bits per heavy atom. The summed E-state index contributed by atoms with van der Waals surface area (Å²) in [4.78, 5) is 61.1. The fraction of sp³-hybridized carbons (Fsp3) is 0.276. The van der Waals surface area contributed by atoms with Gasteiger partial charge in [-0.25, -0.2) is 0 Å². The minimum atomic E-state index is -1.42. The Hall–Kier alpha value is -4.53. The molecule has 2 unspecified atom stereocenters. The van der Waals surface area contributed by atoms with Crippen molar-refractivity contribution >= 4 is 40.3 Å². The van der Waals surface area contributed by atoms with E-state index in [0.29, 0.717) is 6.42 Å². The summed E-state index contributed by atoms with van der Waals surface area (Å²) < 4.78 is 5.10. The van der Waals surface area contributed by atoms with Crippen molar-refractivity contribution in [3.8, 4) is 0 Å². The van der Waals surface area contributed by atoms with Crippen LogP contribution in [0.4, 0.5) is 0 Å². The summed E-state index contributed by atoms with van der Waals surface area (Å²) in [5.74, 6) is -3.83. The van der Waals surface area contributed by atoms with Crippen molar-refractivity contribution < 1.29 is 33.8 Å². The molecule has 38 heavy (non-hydrogen) atoms. The average Bonchev–Trinajstić information content (AvgIpc) is 2.90. The first-order valence-corrected chi connectivity index (χ1v) is 12.2. The van der Waals surface area contributed by atoms with Gasteiger partial charge in [0.05, 0.1) is 12.8 Å². The average molecular weight is 519 g/mol. The third-order valence-corrected chi connectivity index (χ3v) is 5.93. The van der Waals surface area contributed by atoms with Crippen LogP contribution in [0.25, 0.3) is 10.8 Å². The summed E-state index contributed by atoms with van der Waals surface area (Å²) >= 11 is 0. The molecule has 9 nitrogen and oxygen atoms in total. The second-order valence-electron chi connectivity index (χ2n) is 8.88. The summed E-state index contributed by atoms with van der Waals surface area (Å²) in [6.07, 6.45) is -0.117. The normalized spacial score (nSPS) is 12.2. The predicted molar refractivity (Wildman–Crippen MR) is 140 cm³/mol. The number of aryl methyl sites for hydroxylation is 1. The van der Waals surface area contributed by atoms with Crippen LogP contribution < -0.4 is 10.6 Å². The van der Waals surface area contributed by atoms with Crippen molar-refractivity contribution in [2.45, 2.75) is 44.7 Å². The van der Waals surface area contributed by atoms with Crippen LogP contribution in [0, 0.1) is 0 Å². The maximum absolute atomic E-state index is 12.6. The molecule has 3 aromatic rings. The van der Waals surface area contributed by atoms with E-state index in [-0.39, 0.29) is 18.7 Å². The molecule has 0 fully saturated rings. The topological polar surface area (TPSA) is 139 Å². The minimum absolute atomic E-state index is 0.0728. The lowest BCUT2D eigenvalue weighted by molar-refractivity contribution is -0.148. The van der Waals surface area contributed by atoms with Gasteiger partial charge in [0.25, 0.3) is 0 Å². The first-order valence-electron chi connectivity index (χ1n) is 12.2. The van der Waals surface area contributed by atoms with Gasteiger partial charge >= 0.3 is 11.9 Å². The third kappa shape index (κ3) is 8.55. The summed E-state index contributed by atoms with van der Waals surface area (Å²) in [6, 6.07) is 20.0. The predicted octanol–water partition coefficient (Wildman–Crippen LogP) is 2.59. The molecule has 3 N–H and O–H groups in total. The van der Waals surface area contributed by atoms with Gasteiger partial charge in [-0.15, -0.1) is 0 Å². The van der Waals surface area contributed by atoms with Gasteiger partial charge in [-0.3, -0.25) is 24.0 Å². The second-order valence-corrected chi connectivity index (χ2v) is 8.88. The fourth-order valence-corrected chi connectivity index (χ4v) is 3.90. The number of carbonyl (C=O) groups excluding carboxylic acids is 4. The smallest absolute Gasteiger partial charge is 0.310 e. The molecule has 3 rings (SSSR count). The van der Waals surface area contributed by atoms with E-state index in [9.17, 15) is 29.1 Å². The van der Waals surface area contributed by atoms with E-state index in [1.165, 1.54) is 6.92 Å². The standard InChI is InChI=1S/C29H30N2O7/c1-19(30-26(33)15-14-20-8-3-2-4-9-20)29(37)31-24(17-27(34)35)25(32)18-38-28(36)16-22-12-7-11-21-10-5-6-13-23(21)22/h2-13,19,24H,14-18H2,1H3,(H,30,33)(H,31,37)(H,34,35). The second kappa shape index (κ2) is 13.7.